The lowest BCUT2D eigenvalue weighted by molar-refractivity contribution is 0.394. The Labute approximate surface area is 57.8 Å². The Hall–Kier alpha value is -0.0800. The number of rotatable bonds is 4. The molecule has 0 heterocycles. The summed E-state index contributed by atoms with van der Waals surface area (Å²) in [6, 6.07) is 0.593. The molecular formula is C7H18N2. The molecule has 0 aromatic rings. The lowest BCUT2D eigenvalue weighted by Crippen LogP contribution is -2.36. The van der Waals surface area contributed by atoms with Crippen LogP contribution in [0.4, 0.5) is 0 Å². The molecule has 0 aliphatic rings. The minimum Gasteiger partial charge on any atom is -0.318 e. The monoisotopic (exact) mass is 130 g/mol. The third-order valence-corrected chi connectivity index (χ3v) is 1.62. The third-order valence-electron chi connectivity index (χ3n) is 1.62. The van der Waals surface area contributed by atoms with E-state index in [9.17, 15) is 0 Å². The van der Waals surface area contributed by atoms with E-state index >= 15 is 0 Å². The molecule has 0 saturated carbocycles. The molecule has 0 amide bonds. The lowest BCUT2D eigenvalue weighted by Gasteiger charge is -2.18. The molecule has 1 atom stereocenters. The molecule has 0 radical (unpaired) electrons. The SMILES string of the molecule is CCC(NCN)C(C)C. The van der Waals surface area contributed by atoms with E-state index in [4.69, 9.17) is 5.73 Å². The average molecular weight is 130 g/mol. The summed E-state index contributed by atoms with van der Waals surface area (Å²) < 4.78 is 0. The third kappa shape index (κ3) is 3.49. The van der Waals surface area contributed by atoms with E-state index in [1.54, 1.807) is 0 Å². The Morgan fingerprint density at radius 1 is 1.44 bits per heavy atom. The van der Waals surface area contributed by atoms with E-state index in [1.165, 1.54) is 0 Å². The van der Waals surface area contributed by atoms with Crippen molar-refractivity contribution in [3.8, 4) is 0 Å². The molecule has 0 saturated heterocycles. The van der Waals surface area contributed by atoms with Crippen molar-refractivity contribution in [1.82, 2.24) is 5.32 Å². The maximum Gasteiger partial charge on any atom is 0.0430 e. The van der Waals surface area contributed by atoms with Crippen molar-refractivity contribution in [3.63, 3.8) is 0 Å². The highest BCUT2D eigenvalue weighted by molar-refractivity contribution is 4.66. The van der Waals surface area contributed by atoms with E-state index in [2.05, 4.69) is 26.1 Å². The normalized spacial score (nSPS) is 14.3. The highest BCUT2D eigenvalue weighted by Gasteiger charge is 2.07. The van der Waals surface area contributed by atoms with Crippen LogP contribution in [0.2, 0.25) is 0 Å². The van der Waals surface area contributed by atoms with Crippen molar-refractivity contribution in [2.45, 2.75) is 33.2 Å². The topological polar surface area (TPSA) is 38.0 Å². The summed E-state index contributed by atoms with van der Waals surface area (Å²) in [6.45, 7) is 7.18. The van der Waals surface area contributed by atoms with E-state index in [-0.39, 0.29) is 0 Å². The molecular weight excluding hydrogens is 112 g/mol. The predicted molar refractivity (Wildman–Crippen MR) is 41.1 cm³/mol. The first-order valence-electron chi connectivity index (χ1n) is 3.65. The molecule has 0 bridgehead atoms. The molecule has 0 fully saturated rings. The van der Waals surface area contributed by atoms with Gasteiger partial charge in [-0.1, -0.05) is 20.8 Å². The molecule has 3 N–H and O–H groups in total. The summed E-state index contributed by atoms with van der Waals surface area (Å²) in [5.74, 6) is 0.693. The summed E-state index contributed by atoms with van der Waals surface area (Å²) in [5.41, 5.74) is 5.33. The zero-order valence-corrected chi connectivity index (χ0v) is 6.65. The second-order valence-corrected chi connectivity index (χ2v) is 2.67. The van der Waals surface area contributed by atoms with Crippen LogP contribution in [-0.2, 0) is 0 Å². The van der Waals surface area contributed by atoms with Gasteiger partial charge in [-0.15, -0.1) is 0 Å². The fourth-order valence-electron chi connectivity index (χ4n) is 1.00. The molecule has 0 spiro atoms. The van der Waals surface area contributed by atoms with Gasteiger partial charge in [0, 0.05) is 12.7 Å². The van der Waals surface area contributed by atoms with Crippen LogP contribution in [0.1, 0.15) is 27.2 Å². The zero-order valence-electron chi connectivity index (χ0n) is 6.65. The van der Waals surface area contributed by atoms with Crippen LogP contribution >= 0.6 is 0 Å². The summed E-state index contributed by atoms with van der Waals surface area (Å²) in [6.07, 6.45) is 1.16. The Morgan fingerprint density at radius 2 is 2.00 bits per heavy atom. The highest BCUT2D eigenvalue weighted by atomic mass is 15.0. The Morgan fingerprint density at radius 3 is 2.11 bits per heavy atom. The van der Waals surface area contributed by atoms with Crippen LogP contribution in [0.15, 0.2) is 0 Å². The molecule has 0 aliphatic heterocycles. The Kier molecular flexibility index (Phi) is 4.72. The van der Waals surface area contributed by atoms with Crippen LogP contribution < -0.4 is 11.1 Å². The maximum atomic E-state index is 5.33. The summed E-state index contributed by atoms with van der Waals surface area (Å²) in [5, 5.41) is 3.21. The van der Waals surface area contributed by atoms with Gasteiger partial charge in [-0.25, -0.2) is 0 Å². The standard InChI is InChI=1S/C7H18N2/c1-4-7(6(2)3)9-5-8/h6-7,9H,4-5,8H2,1-3H3. The Balaban J connectivity index is 3.41. The van der Waals surface area contributed by atoms with Crippen molar-refractivity contribution in [2.24, 2.45) is 11.7 Å². The number of nitrogens with one attached hydrogen (secondary N) is 1. The van der Waals surface area contributed by atoms with Crippen molar-refractivity contribution < 1.29 is 0 Å². The molecule has 0 aromatic heterocycles. The van der Waals surface area contributed by atoms with E-state index < -0.39 is 0 Å². The van der Waals surface area contributed by atoms with Crippen LogP contribution in [0.3, 0.4) is 0 Å². The van der Waals surface area contributed by atoms with Crippen molar-refractivity contribution in [2.75, 3.05) is 6.67 Å². The molecule has 2 heteroatoms. The van der Waals surface area contributed by atoms with Gasteiger partial charge in [-0.2, -0.15) is 0 Å². The summed E-state index contributed by atoms with van der Waals surface area (Å²) in [7, 11) is 0. The fraction of sp³-hybridized carbons (Fsp3) is 1.00. The molecule has 0 aromatic carbocycles. The average Bonchev–Trinajstić information content (AvgIpc) is 1.82. The second-order valence-electron chi connectivity index (χ2n) is 2.67. The number of hydrogen-bond acceptors (Lipinski definition) is 2. The quantitative estimate of drug-likeness (QED) is 0.555. The van der Waals surface area contributed by atoms with Crippen molar-refractivity contribution in [1.29, 1.82) is 0 Å². The largest absolute Gasteiger partial charge is 0.318 e. The molecule has 56 valence electrons. The highest BCUT2D eigenvalue weighted by Crippen LogP contribution is 2.03. The van der Waals surface area contributed by atoms with Gasteiger partial charge >= 0.3 is 0 Å². The smallest absolute Gasteiger partial charge is 0.0430 e. The first-order chi connectivity index (χ1) is 4.22. The fourth-order valence-corrected chi connectivity index (χ4v) is 1.00. The van der Waals surface area contributed by atoms with Gasteiger partial charge in [-0.05, 0) is 12.3 Å². The number of nitrogens with two attached hydrogens (primary N) is 1. The van der Waals surface area contributed by atoms with E-state index in [0.717, 1.165) is 6.42 Å². The minimum atomic E-state index is 0.593. The molecule has 9 heavy (non-hydrogen) atoms. The van der Waals surface area contributed by atoms with Crippen LogP contribution in [0.25, 0.3) is 0 Å². The molecule has 1 unspecified atom stereocenters. The first-order valence-corrected chi connectivity index (χ1v) is 3.65. The van der Waals surface area contributed by atoms with Crippen molar-refractivity contribution >= 4 is 0 Å². The van der Waals surface area contributed by atoms with E-state index in [1.807, 2.05) is 0 Å². The van der Waals surface area contributed by atoms with Crippen LogP contribution in [0, 0.1) is 5.92 Å². The number of hydrogen-bond donors (Lipinski definition) is 2. The summed E-state index contributed by atoms with van der Waals surface area (Å²) >= 11 is 0. The lowest BCUT2D eigenvalue weighted by atomic mass is 10.0. The summed E-state index contributed by atoms with van der Waals surface area (Å²) in [4.78, 5) is 0. The van der Waals surface area contributed by atoms with Gasteiger partial charge in [0.25, 0.3) is 0 Å². The zero-order chi connectivity index (χ0) is 7.28. The molecule has 2 nitrogen and oxygen atoms in total. The Bertz CT molecular complexity index is 61.9. The predicted octanol–water partition coefficient (Wildman–Crippen LogP) is 0.927. The van der Waals surface area contributed by atoms with Gasteiger partial charge in [0.1, 0.15) is 0 Å². The van der Waals surface area contributed by atoms with Gasteiger partial charge in [-0.3, -0.25) is 0 Å². The van der Waals surface area contributed by atoms with Gasteiger partial charge in [0.2, 0.25) is 0 Å². The van der Waals surface area contributed by atoms with E-state index in [0.29, 0.717) is 18.6 Å². The maximum absolute atomic E-state index is 5.33. The van der Waals surface area contributed by atoms with Gasteiger partial charge < -0.3 is 11.1 Å². The molecule has 0 rings (SSSR count). The van der Waals surface area contributed by atoms with Gasteiger partial charge in [0.05, 0.1) is 0 Å². The minimum absolute atomic E-state index is 0.593. The first kappa shape index (κ1) is 8.92. The second kappa shape index (κ2) is 4.77. The van der Waals surface area contributed by atoms with Crippen LogP contribution in [0.5, 0.6) is 0 Å². The van der Waals surface area contributed by atoms with Gasteiger partial charge in [0.15, 0.2) is 0 Å². The molecule has 0 aliphatic carbocycles. The van der Waals surface area contributed by atoms with Crippen LogP contribution in [-0.4, -0.2) is 12.7 Å². The van der Waals surface area contributed by atoms with Crippen molar-refractivity contribution in [3.05, 3.63) is 0 Å².